The fourth-order valence-electron chi connectivity index (χ4n) is 1.28. The average Bonchev–Trinajstić information content (AvgIpc) is 2.84. The molecule has 0 saturated heterocycles. The van der Waals surface area contributed by atoms with Gasteiger partial charge in [0.1, 0.15) is 0 Å². The van der Waals surface area contributed by atoms with Gasteiger partial charge in [-0.25, -0.2) is 0 Å². The summed E-state index contributed by atoms with van der Waals surface area (Å²) in [7, 11) is 0. The predicted molar refractivity (Wildman–Crippen MR) is 73.7 cm³/mol. The molecule has 1 amide bonds. The first kappa shape index (κ1) is 14.7. The highest BCUT2D eigenvalue weighted by molar-refractivity contribution is 7.10. The van der Waals surface area contributed by atoms with Crippen LogP contribution in [0.4, 0.5) is 0 Å². The van der Waals surface area contributed by atoms with Gasteiger partial charge in [0, 0.05) is 25.1 Å². The number of rotatable bonds is 6. The zero-order chi connectivity index (χ0) is 13.2. The third-order valence-electron chi connectivity index (χ3n) is 2.13. The minimum Gasteiger partial charge on any atom is -0.382 e. The van der Waals surface area contributed by atoms with Crippen LogP contribution in [0.15, 0.2) is 11.4 Å². The Morgan fingerprint density at radius 2 is 2.44 bits per heavy atom. The van der Waals surface area contributed by atoms with Gasteiger partial charge in [0.2, 0.25) is 0 Å². The molecule has 5 heteroatoms. The summed E-state index contributed by atoms with van der Waals surface area (Å²) < 4.78 is 5.19. The third kappa shape index (κ3) is 5.32. The Labute approximate surface area is 112 Å². The predicted octanol–water partition coefficient (Wildman–Crippen LogP) is 1.21. The maximum Gasteiger partial charge on any atom is 0.252 e. The molecule has 0 aromatic carbocycles. The number of thiophene rings is 1. The van der Waals surface area contributed by atoms with E-state index in [4.69, 9.17) is 10.5 Å². The van der Waals surface area contributed by atoms with Crippen molar-refractivity contribution in [1.82, 2.24) is 5.32 Å². The molecule has 0 aliphatic carbocycles. The van der Waals surface area contributed by atoms with Crippen LogP contribution >= 0.6 is 11.3 Å². The van der Waals surface area contributed by atoms with Crippen molar-refractivity contribution in [2.75, 3.05) is 26.3 Å². The van der Waals surface area contributed by atoms with Crippen LogP contribution in [0.1, 0.15) is 28.6 Å². The van der Waals surface area contributed by atoms with Gasteiger partial charge in [-0.05, 0) is 19.4 Å². The number of nitrogens with two attached hydrogens (primary N) is 1. The quantitative estimate of drug-likeness (QED) is 0.601. The summed E-state index contributed by atoms with van der Waals surface area (Å²) >= 11 is 1.45. The highest BCUT2D eigenvalue weighted by Gasteiger charge is 2.06. The Morgan fingerprint density at radius 3 is 3.17 bits per heavy atom. The second kappa shape index (κ2) is 8.70. The van der Waals surface area contributed by atoms with E-state index in [-0.39, 0.29) is 5.91 Å². The molecule has 1 rings (SSSR count). The van der Waals surface area contributed by atoms with E-state index in [1.54, 1.807) is 11.4 Å². The Morgan fingerprint density at radius 1 is 1.61 bits per heavy atom. The summed E-state index contributed by atoms with van der Waals surface area (Å²) in [6, 6.07) is 1.78. The number of amides is 1. The van der Waals surface area contributed by atoms with E-state index in [2.05, 4.69) is 17.2 Å². The Bertz CT molecular complexity index is 432. The topological polar surface area (TPSA) is 64.3 Å². The third-order valence-corrected chi connectivity index (χ3v) is 2.98. The van der Waals surface area contributed by atoms with Crippen LogP contribution in [0.3, 0.4) is 0 Å². The van der Waals surface area contributed by atoms with Crippen molar-refractivity contribution in [2.45, 2.75) is 13.3 Å². The standard InChI is InChI=1S/C13H18N2O2S/c1-2-17-8-4-7-15-13(16)11-9-12(18-10-11)5-3-6-14/h9-10H,2,4,6-8,14H2,1H3,(H,15,16). The number of carbonyl (C=O) groups excluding carboxylic acids is 1. The molecule has 4 nitrogen and oxygen atoms in total. The highest BCUT2D eigenvalue weighted by Crippen LogP contribution is 2.13. The zero-order valence-electron chi connectivity index (χ0n) is 10.5. The van der Waals surface area contributed by atoms with Crippen molar-refractivity contribution >= 4 is 17.2 Å². The maximum absolute atomic E-state index is 11.7. The molecule has 98 valence electrons. The summed E-state index contributed by atoms with van der Waals surface area (Å²) in [5, 5.41) is 4.65. The van der Waals surface area contributed by atoms with Gasteiger partial charge >= 0.3 is 0 Å². The van der Waals surface area contributed by atoms with Crippen molar-refractivity contribution < 1.29 is 9.53 Å². The van der Waals surface area contributed by atoms with Crippen molar-refractivity contribution in [3.63, 3.8) is 0 Å². The Kier molecular flexibility index (Phi) is 7.11. The molecule has 0 fully saturated rings. The van der Waals surface area contributed by atoms with Crippen LogP contribution < -0.4 is 11.1 Å². The first-order valence-electron chi connectivity index (χ1n) is 5.91. The average molecular weight is 266 g/mol. The summed E-state index contributed by atoms with van der Waals surface area (Å²) in [6.07, 6.45) is 0.823. The van der Waals surface area contributed by atoms with Crippen LogP contribution in [0.25, 0.3) is 0 Å². The lowest BCUT2D eigenvalue weighted by molar-refractivity contribution is 0.0944. The van der Waals surface area contributed by atoms with E-state index < -0.39 is 0 Å². The maximum atomic E-state index is 11.7. The first-order valence-corrected chi connectivity index (χ1v) is 6.79. The molecule has 0 radical (unpaired) electrons. The van der Waals surface area contributed by atoms with E-state index in [9.17, 15) is 4.79 Å². The highest BCUT2D eigenvalue weighted by atomic mass is 32.1. The van der Waals surface area contributed by atoms with Gasteiger partial charge in [0.25, 0.3) is 5.91 Å². The summed E-state index contributed by atoms with van der Waals surface area (Å²) in [5.41, 5.74) is 5.94. The van der Waals surface area contributed by atoms with E-state index in [1.807, 2.05) is 6.92 Å². The number of hydrogen-bond donors (Lipinski definition) is 2. The Hall–Kier alpha value is -1.35. The van der Waals surface area contributed by atoms with Gasteiger partial charge < -0.3 is 15.8 Å². The lowest BCUT2D eigenvalue weighted by Crippen LogP contribution is -2.24. The normalized spacial score (nSPS) is 9.67. The van der Waals surface area contributed by atoms with Crippen molar-refractivity contribution in [3.05, 3.63) is 21.9 Å². The monoisotopic (exact) mass is 266 g/mol. The summed E-state index contributed by atoms with van der Waals surface area (Å²) in [5.74, 6) is 5.60. The van der Waals surface area contributed by atoms with Crippen LogP contribution in [-0.4, -0.2) is 32.2 Å². The van der Waals surface area contributed by atoms with Gasteiger partial charge in [0.15, 0.2) is 0 Å². The molecule has 0 bridgehead atoms. The van der Waals surface area contributed by atoms with E-state index in [0.717, 1.165) is 11.3 Å². The van der Waals surface area contributed by atoms with Crippen molar-refractivity contribution in [2.24, 2.45) is 5.73 Å². The molecule has 0 atom stereocenters. The summed E-state index contributed by atoms with van der Waals surface area (Å²) in [4.78, 5) is 12.6. The van der Waals surface area contributed by atoms with Gasteiger partial charge in [-0.1, -0.05) is 11.8 Å². The molecule has 0 spiro atoms. The second-order valence-electron chi connectivity index (χ2n) is 3.51. The number of carbonyl (C=O) groups is 1. The van der Waals surface area contributed by atoms with E-state index in [1.165, 1.54) is 11.3 Å². The smallest absolute Gasteiger partial charge is 0.252 e. The number of hydrogen-bond acceptors (Lipinski definition) is 4. The van der Waals surface area contributed by atoms with Gasteiger partial charge in [-0.2, -0.15) is 0 Å². The fraction of sp³-hybridized carbons (Fsp3) is 0.462. The van der Waals surface area contributed by atoms with Crippen LogP contribution in [-0.2, 0) is 4.74 Å². The van der Waals surface area contributed by atoms with E-state index >= 15 is 0 Å². The molecule has 1 aromatic heterocycles. The Balaban J connectivity index is 2.35. The van der Waals surface area contributed by atoms with Crippen LogP contribution in [0, 0.1) is 11.8 Å². The van der Waals surface area contributed by atoms with Gasteiger partial charge in [0.05, 0.1) is 17.0 Å². The number of ether oxygens (including phenoxy) is 1. The molecule has 0 aliphatic rings. The molecular formula is C13H18N2O2S. The van der Waals surface area contributed by atoms with Gasteiger partial charge in [-0.15, -0.1) is 11.3 Å². The minimum absolute atomic E-state index is 0.0662. The molecule has 0 aliphatic heterocycles. The lowest BCUT2D eigenvalue weighted by Gasteiger charge is -2.03. The van der Waals surface area contributed by atoms with Crippen LogP contribution in [0.5, 0.6) is 0 Å². The molecule has 0 saturated carbocycles. The van der Waals surface area contributed by atoms with Gasteiger partial charge in [-0.3, -0.25) is 4.79 Å². The minimum atomic E-state index is -0.0662. The fourth-order valence-corrected chi connectivity index (χ4v) is 2.04. The second-order valence-corrected chi connectivity index (χ2v) is 4.42. The largest absolute Gasteiger partial charge is 0.382 e. The lowest BCUT2D eigenvalue weighted by atomic mass is 10.3. The molecule has 0 unspecified atom stereocenters. The summed E-state index contributed by atoms with van der Waals surface area (Å²) in [6.45, 7) is 4.29. The molecular weight excluding hydrogens is 248 g/mol. The zero-order valence-corrected chi connectivity index (χ0v) is 11.3. The van der Waals surface area contributed by atoms with E-state index in [0.29, 0.717) is 31.9 Å². The van der Waals surface area contributed by atoms with Crippen molar-refractivity contribution in [1.29, 1.82) is 0 Å². The van der Waals surface area contributed by atoms with Crippen molar-refractivity contribution in [3.8, 4) is 11.8 Å². The molecule has 1 heterocycles. The van der Waals surface area contributed by atoms with Crippen LogP contribution in [0.2, 0.25) is 0 Å². The SMILES string of the molecule is CCOCCCNC(=O)c1csc(C#CCN)c1. The number of nitrogens with one attached hydrogen (secondary N) is 1. The molecule has 1 aromatic rings. The molecule has 3 N–H and O–H groups in total. The first-order chi connectivity index (χ1) is 8.77. The molecule has 18 heavy (non-hydrogen) atoms.